The number of rotatable bonds is 16. The molecule has 3 fully saturated rings. The van der Waals surface area contributed by atoms with Crippen LogP contribution < -0.4 is 24.4 Å². The Hall–Kier alpha value is -8.62. The largest absolute Gasteiger partial charge is 0.768 e. The normalized spacial score (nSPS) is 17.3. The Morgan fingerprint density at radius 2 is 1.42 bits per heavy atom. The SMILES string of the molecule is CCN(CCOc1ccc(Oc2c(-c3ccc(S(=O)[O-])cc3)ccc3cc(OCc4ccccc4)ccc23)cc1)C(=O)c1ccc(C#CC2CCN(C3CCN(c4ccc5c(c4)C(=O)N(C4CCC(=O)NC4=O)C5=O)CC3)CC2)cc1. The summed E-state index contributed by atoms with van der Waals surface area (Å²) in [5, 5.41) is 4.01. The van der Waals surface area contributed by atoms with Crippen molar-refractivity contribution in [2.24, 2.45) is 5.92 Å². The summed E-state index contributed by atoms with van der Waals surface area (Å²) in [7, 11) is 0. The molecular formula is C65H60N5O10S-. The molecule has 0 aliphatic carbocycles. The smallest absolute Gasteiger partial charge is 0.262 e. The van der Waals surface area contributed by atoms with E-state index in [0.717, 1.165) is 101 Å². The highest BCUT2D eigenvalue weighted by Gasteiger charge is 2.45. The van der Waals surface area contributed by atoms with Crippen molar-refractivity contribution in [3.8, 4) is 46.0 Å². The molecule has 16 heteroatoms. The van der Waals surface area contributed by atoms with Crippen molar-refractivity contribution in [2.75, 3.05) is 50.8 Å². The summed E-state index contributed by atoms with van der Waals surface area (Å²) in [5.41, 5.74) is 5.56. The monoisotopic (exact) mass is 1100 g/mol. The molecule has 7 aromatic carbocycles. The van der Waals surface area contributed by atoms with Crippen LogP contribution in [-0.2, 0) is 27.3 Å². The number of benzene rings is 7. The summed E-state index contributed by atoms with van der Waals surface area (Å²) in [5.74, 6) is 7.57. The first-order valence-corrected chi connectivity index (χ1v) is 28.6. The third-order valence-corrected chi connectivity index (χ3v) is 16.4. The Balaban J connectivity index is 0.641. The Kier molecular flexibility index (Phi) is 16.4. The molecule has 0 radical (unpaired) electrons. The number of piperidine rings is 3. The van der Waals surface area contributed by atoms with E-state index in [-0.39, 0.29) is 41.7 Å². The van der Waals surface area contributed by atoms with Gasteiger partial charge in [0.25, 0.3) is 17.7 Å². The van der Waals surface area contributed by atoms with Crippen LogP contribution in [0.1, 0.15) is 87.6 Å². The van der Waals surface area contributed by atoms with E-state index in [0.29, 0.717) is 54.1 Å². The van der Waals surface area contributed by atoms with E-state index in [1.54, 1.807) is 41.3 Å². The third kappa shape index (κ3) is 12.3. The molecule has 4 heterocycles. The zero-order valence-corrected chi connectivity index (χ0v) is 45.7. The number of carbonyl (C=O) groups excluding carboxylic acids is 5. The molecule has 5 amide bonds. The second kappa shape index (κ2) is 24.4. The lowest BCUT2D eigenvalue weighted by Gasteiger charge is -2.42. The molecule has 1 N–H and O–H groups in total. The van der Waals surface area contributed by atoms with Gasteiger partial charge in [-0.25, -0.2) is 0 Å². The van der Waals surface area contributed by atoms with Gasteiger partial charge in [0, 0.05) is 70.7 Å². The molecule has 2 atom stereocenters. The summed E-state index contributed by atoms with van der Waals surface area (Å²) in [6.45, 7) is 7.13. The van der Waals surface area contributed by atoms with Gasteiger partial charge in [-0.1, -0.05) is 60.4 Å². The number of fused-ring (bicyclic) bond motifs is 2. The summed E-state index contributed by atoms with van der Waals surface area (Å²) in [6, 6.07) is 46.1. The van der Waals surface area contributed by atoms with Crippen molar-refractivity contribution in [3.05, 3.63) is 179 Å². The highest BCUT2D eigenvalue weighted by Crippen LogP contribution is 2.42. The molecule has 0 saturated carbocycles. The number of anilines is 1. The van der Waals surface area contributed by atoms with Crippen LogP contribution in [0, 0.1) is 17.8 Å². The Bertz CT molecular complexity index is 3590. The number of hydrogen-bond donors (Lipinski definition) is 1. The number of ether oxygens (including phenoxy) is 3. The van der Waals surface area contributed by atoms with E-state index < -0.39 is 40.8 Å². The average Bonchev–Trinajstić information content (AvgIpc) is 4.02. The van der Waals surface area contributed by atoms with Gasteiger partial charge in [0.15, 0.2) is 0 Å². The van der Waals surface area contributed by atoms with E-state index in [9.17, 15) is 32.7 Å². The van der Waals surface area contributed by atoms with Crippen LogP contribution in [0.2, 0.25) is 0 Å². The van der Waals surface area contributed by atoms with Crippen molar-refractivity contribution in [1.29, 1.82) is 0 Å². The summed E-state index contributed by atoms with van der Waals surface area (Å²) in [6.07, 6.45) is 4.11. The number of nitrogens with zero attached hydrogens (tertiary/aromatic N) is 4. The van der Waals surface area contributed by atoms with Gasteiger partial charge in [0.2, 0.25) is 11.8 Å². The fraction of sp³-hybridized carbons (Fsp3) is 0.277. The minimum atomic E-state index is -2.35. The molecule has 11 rings (SSSR count). The molecular weight excluding hydrogens is 1040 g/mol. The highest BCUT2D eigenvalue weighted by molar-refractivity contribution is 7.79. The maximum atomic E-state index is 13.7. The van der Waals surface area contributed by atoms with Gasteiger partial charge in [-0.2, -0.15) is 0 Å². The lowest BCUT2D eigenvalue weighted by Crippen LogP contribution is -2.54. The standard InChI is InChI=1S/C65H61N5O10S/c1-2-67(38-39-78-51-18-20-52(21-19-51)80-61-55(46-14-23-54(24-15-46)81(76)77)25-16-48-40-53(22-27-56(48)61)79-42-45-6-4-3-5-7-45)63(73)47-12-10-43(11-13-47)8-9-44-30-34-68(35-31-44)49-32-36-69(37-33-49)50-17-26-57-58(41-50)65(75)70(64(57)74)59-28-29-60(71)66-62(59)72/h3-7,10-27,40-41,44,49,59H,2,28-39,42H2,1H3,(H,76,77)(H,66,71,72)/p-1. The van der Waals surface area contributed by atoms with Gasteiger partial charge >= 0.3 is 0 Å². The quantitative estimate of drug-likeness (QED) is 0.0551. The molecule has 3 saturated heterocycles. The predicted octanol–water partition coefficient (Wildman–Crippen LogP) is 9.79. The third-order valence-electron chi connectivity index (χ3n) is 15.7. The molecule has 0 spiro atoms. The number of hydrogen-bond acceptors (Lipinski definition) is 12. The zero-order valence-electron chi connectivity index (χ0n) is 44.8. The van der Waals surface area contributed by atoms with Crippen molar-refractivity contribution in [1.82, 2.24) is 20.0 Å². The second-order valence-corrected chi connectivity index (χ2v) is 21.7. The van der Waals surface area contributed by atoms with Crippen molar-refractivity contribution in [3.63, 3.8) is 0 Å². The first kappa shape index (κ1) is 54.3. The molecule has 0 bridgehead atoms. The Labute approximate surface area is 473 Å². The minimum absolute atomic E-state index is 0.0817. The van der Waals surface area contributed by atoms with Crippen LogP contribution in [0.25, 0.3) is 21.9 Å². The van der Waals surface area contributed by atoms with Crippen molar-refractivity contribution < 1.29 is 46.9 Å². The van der Waals surface area contributed by atoms with E-state index in [1.165, 1.54) is 0 Å². The van der Waals surface area contributed by atoms with Gasteiger partial charge in [-0.15, -0.1) is 0 Å². The number of imide groups is 2. The van der Waals surface area contributed by atoms with Gasteiger partial charge in [0.05, 0.1) is 17.7 Å². The topological polar surface area (TPSA) is 178 Å². The van der Waals surface area contributed by atoms with E-state index in [4.69, 9.17) is 14.2 Å². The summed E-state index contributed by atoms with van der Waals surface area (Å²) >= 11 is -2.35. The number of likely N-dealkylation sites (tertiary alicyclic amines) is 1. The molecule has 15 nitrogen and oxygen atoms in total. The summed E-state index contributed by atoms with van der Waals surface area (Å²) < 4.78 is 42.2. The van der Waals surface area contributed by atoms with Crippen LogP contribution >= 0.6 is 0 Å². The second-order valence-electron chi connectivity index (χ2n) is 20.7. The predicted molar refractivity (Wildman–Crippen MR) is 307 cm³/mol. The fourth-order valence-electron chi connectivity index (χ4n) is 11.2. The van der Waals surface area contributed by atoms with E-state index in [2.05, 4.69) is 27.0 Å². The number of likely N-dealkylation sites (N-methyl/N-ethyl adjacent to an activating group) is 1. The molecule has 4 aliphatic heterocycles. The van der Waals surface area contributed by atoms with Crippen LogP contribution in [0.3, 0.4) is 0 Å². The number of amides is 5. The maximum Gasteiger partial charge on any atom is 0.262 e. The highest BCUT2D eigenvalue weighted by atomic mass is 32.2. The Morgan fingerprint density at radius 1 is 0.716 bits per heavy atom. The van der Waals surface area contributed by atoms with Gasteiger partial charge in [-0.3, -0.25) is 38.4 Å². The van der Waals surface area contributed by atoms with Gasteiger partial charge in [-0.05, 0) is 183 Å². The average molecular weight is 1100 g/mol. The first-order chi connectivity index (χ1) is 39.5. The summed E-state index contributed by atoms with van der Waals surface area (Å²) in [4.78, 5) is 72.3. The molecule has 7 aromatic rings. The maximum absolute atomic E-state index is 13.7. The van der Waals surface area contributed by atoms with Crippen molar-refractivity contribution in [2.45, 2.75) is 69.0 Å². The number of nitrogens with one attached hydrogen (secondary N) is 1. The molecule has 81 heavy (non-hydrogen) atoms. The lowest BCUT2D eigenvalue weighted by molar-refractivity contribution is -0.136. The molecule has 2 unspecified atom stereocenters. The number of carbonyl (C=O) groups is 5. The van der Waals surface area contributed by atoms with Gasteiger partial charge < -0.3 is 33.5 Å². The minimum Gasteiger partial charge on any atom is -0.768 e. The molecule has 4 aliphatic rings. The van der Waals surface area contributed by atoms with Crippen LogP contribution in [0.15, 0.2) is 157 Å². The fourth-order valence-corrected chi connectivity index (χ4v) is 11.6. The van der Waals surface area contributed by atoms with Crippen LogP contribution in [-0.4, -0.2) is 111 Å². The molecule has 412 valence electrons. The van der Waals surface area contributed by atoms with Crippen LogP contribution in [0.5, 0.6) is 23.0 Å². The Morgan fingerprint density at radius 3 is 2.14 bits per heavy atom. The zero-order chi connectivity index (χ0) is 56.0. The van der Waals surface area contributed by atoms with E-state index in [1.807, 2.05) is 122 Å². The van der Waals surface area contributed by atoms with E-state index >= 15 is 0 Å². The lowest BCUT2D eigenvalue weighted by atomic mass is 9.93. The van der Waals surface area contributed by atoms with Gasteiger partial charge in [0.1, 0.15) is 42.3 Å². The first-order valence-electron chi connectivity index (χ1n) is 27.6. The van der Waals surface area contributed by atoms with Crippen LogP contribution in [0.4, 0.5) is 5.69 Å². The molecule has 0 aromatic heterocycles. The van der Waals surface area contributed by atoms with Crippen molar-refractivity contribution >= 4 is 57.1 Å².